The molecule has 140 valence electrons. The molecule has 0 aliphatic carbocycles. The van der Waals surface area contributed by atoms with Gasteiger partial charge in [-0.3, -0.25) is 4.90 Å². The van der Waals surface area contributed by atoms with Gasteiger partial charge in [-0.25, -0.2) is 4.39 Å². The van der Waals surface area contributed by atoms with Crippen LogP contribution in [-0.4, -0.2) is 60.3 Å². The van der Waals surface area contributed by atoms with E-state index in [1.54, 1.807) is 12.1 Å². The molecule has 2 aliphatic heterocycles. The van der Waals surface area contributed by atoms with Gasteiger partial charge in [0.15, 0.2) is 0 Å². The zero-order valence-electron chi connectivity index (χ0n) is 16.0. The molecule has 0 N–H and O–H groups in total. The topological polar surface area (TPSA) is 15.7 Å². The zero-order valence-corrected chi connectivity index (χ0v) is 16.0. The van der Waals surface area contributed by atoms with Crippen molar-refractivity contribution in [2.24, 2.45) is 0 Å². The molecule has 4 heteroatoms. The maximum absolute atomic E-state index is 13.8. The van der Waals surface area contributed by atoms with Crippen LogP contribution in [0.1, 0.15) is 45.6 Å². The van der Waals surface area contributed by atoms with Crippen LogP contribution in [0.15, 0.2) is 24.3 Å². The lowest BCUT2D eigenvalue weighted by Crippen LogP contribution is -2.60. The van der Waals surface area contributed by atoms with E-state index in [-0.39, 0.29) is 11.4 Å². The molecule has 0 saturated carbocycles. The lowest BCUT2D eigenvalue weighted by atomic mass is 9.87. The molecule has 2 fully saturated rings. The monoisotopic (exact) mass is 348 g/mol. The third kappa shape index (κ3) is 4.60. The van der Waals surface area contributed by atoms with Gasteiger partial charge in [0.2, 0.25) is 0 Å². The molecular formula is C21H33FN2O. The van der Waals surface area contributed by atoms with E-state index in [9.17, 15) is 4.39 Å². The van der Waals surface area contributed by atoms with E-state index in [4.69, 9.17) is 4.74 Å². The second-order valence-corrected chi connectivity index (χ2v) is 8.04. The summed E-state index contributed by atoms with van der Waals surface area (Å²) in [5.74, 6) is -0.0787. The third-order valence-corrected chi connectivity index (χ3v) is 5.95. The van der Waals surface area contributed by atoms with Crippen LogP contribution < -0.4 is 0 Å². The molecule has 0 aromatic heterocycles. The molecule has 0 bridgehead atoms. The minimum absolute atomic E-state index is 0.0255. The van der Waals surface area contributed by atoms with Crippen molar-refractivity contribution in [3.8, 4) is 0 Å². The van der Waals surface area contributed by atoms with Crippen molar-refractivity contribution in [2.75, 3.05) is 32.7 Å². The first-order valence-corrected chi connectivity index (χ1v) is 9.89. The number of nitrogens with zero attached hydrogens (tertiary/aromatic N) is 2. The Labute approximate surface area is 152 Å². The first-order chi connectivity index (χ1) is 12.0. The molecular weight excluding hydrogens is 315 g/mol. The summed E-state index contributed by atoms with van der Waals surface area (Å²) in [6.45, 7) is 12.0. The van der Waals surface area contributed by atoms with Gasteiger partial charge < -0.3 is 9.64 Å². The number of hydrogen-bond donors (Lipinski definition) is 0. The predicted octanol–water partition coefficient (Wildman–Crippen LogP) is 3.72. The van der Waals surface area contributed by atoms with Gasteiger partial charge in [0.05, 0.1) is 11.7 Å². The second-order valence-electron chi connectivity index (χ2n) is 8.04. The third-order valence-electron chi connectivity index (χ3n) is 5.95. The molecule has 1 aromatic carbocycles. The first kappa shape index (κ1) is 18.8. The number of hydrogen-bond acceptors (Lipinski definition) is 3. The van der Waals surface area contributed by atoms with E-state index in [0.29, 0.717) is 12.1 Å². The second kappa shape index (κ2) is 8.15. The van der Waals surface area contributed by atoms with E-state index in [2.05, 4.69) is 30.6 Å². The van der Waals surface area contributed by atoms with Crippen LogP contribution >= 0.6 is 0 Å². The average Bonchev–Trinajstić information content (AvgIpc) is 2.62. The molecule has 2 heterocycles. The summed E-state index contributed by atoms with van der Waals surface area (Å²) in [6.07, 6.45) is 4.41. The van der Waals surface area contributed by atoms with Crippen molar-refractivity contribution in [1.82, 2.24) is 9.80 Å². The van der Waals surface area contributed by atoms with Gasteiger partial charge in [-0.05, 0) is 51.2 Å². The van der Waals surface area contributed by atoms with Gasteiger partial charge in [0, 0.05) is 38.8 Å². The number of benzene rings is 1. The Bertz CT molecular complexity index is 555. The summed E-state index contributed by atoms with van der Waals surface area (Å²) in [7, 11) is 0. The van der Waals surface area contributed by atoms with Crippen LogP contribution in [0.5, 0.6) is 0 Å². The van der Waals surface area contributed by atoms with Crippen LogP contribution in [-0.2, 0) is 11.2 Å². The van der Waals surface area contributed by atoms with Crippen LogP contribution in [0.25, 0.3) is 0 Å². The Hall–Kier alpha value is -0.970. The average molecular weight is 349 g/mol. The van der Waals surface area contributed by atoms with Crippen molar-refractivity contribution in [2.45, 2.75) is 64.2 Å². The van der Waals surface area contributed by atoms with Crippen molar-refractivity contribution in [3.63, 3.8) is 0 Å². The number of likely N-dealkylation sites (tertiary alicyclic amines) is 1. The normalized spacial score (nSPS) is 24.9. The van der Waals surface area contributed by atoms with Gasteiger partial charge >= 0.3 is 0 Å². The Balaban J connectivity index is 1.54. The lowest BCUT2D eigenvalue weighted by molar-refractivity contribution is -0.181. The standard InChI is InChI=1S/C21H33FN2O/c1-4-19-15-24(17(2)3)16-21(25-19)10-13-23(14-11-21)12-9-18-7-5-6-8-20(18)22/h5-8,17,19H,4,9-16H2,1-3H3/t19-/m1/s1. The Kier molecular flexibility index (Phi) is 6.13. The molecule has 1 spiro atoms. The highest BCUT2D eigenvalue weighted by molar-refractivity contribution is 5.17. The van der Waals surface area contributed by atoms with Crippen molar-refractivity contribution >= 4 is 0 Å². The van der Waals surface area contributed by atoms with Crippen LogP contribution in [0.3, 0.4) is 0 Å². The fraction of sp³-hybridized carbons (Fsp3) is 0.714. The lowest BCUT2D eigenvalue weighted by Gasteiger charge is -2.51. The molecule has 0 amide bonds. The number of halogens is 1. The molecule has 0 radical (unpaired) electrons. The van der Waals surface area contributed by atoms with Crippen LogP contribution in [0, 0.1) is 5.82 Å². The minimum Gasteiger partial charge on any atom is -0.369 e. The molecule has 3 nitrogen and oxygen atoms in total. The smallest absolute Gasteiger partial charge is 0.126 e. The van der Waals surface area contributed by atoms with Gasteiger partial charge in [-0.15, -0.1) is 0 Å². The van der Waals surface area contributed by atoms with Gasteiger partial charge in [0.25, 0.3) is 0 Å². The van der Waals surface area contributed by atoms with E-state index >= 15 is 0 Å². The summed E-state index contributed by atoms with van der Waals surface area (Å²) < 4.78 is 20.3. The van der Waals surface area contributed by atoms with Gasteiger partial charge in [0.1, 0.15) is 5.82 Å². The van der Waals surface area contributed by atoms with E-state index in [0.717, 1.165) is 64.0 Å². The summed E-state index contributed by atoms with van der Waals surface area (Å²) in [5, 5.41) is 0. The summed E-state index contributed by atoms with van der Waals surface area (Å²) >= 11 is 0. The van der Waals surface area contributed by atoms with Crippen molar-refractivity contribution in [3.05, 3.63) is 35.6 Å². The fourth-order valence-corrected chi connectivity index (χ4v) is 4.17. The number of morpholine rings is 1. The predicted molar refractivity (Wildman–Crippen MR) is 100 cm³/mol. The largest absolute Gasteiger partial charge is 0.369 e. The SMILES string of the molecule is CC[C@@H]1CN(C(C)C)CC2(CCN(CCc3ccccc3F)CC2)O1. The van der Waals surface area contributed by atoms with Gasteiger partial charge in [-0.2, -0.15) is 0 Å². The number of ether oxygens (including phenoxy) is 1. The van der Waals surface area contributed by atoms with E-state index in [1.165, 1.54) is 0 Å². The van der Waals surface area contributed by atoms with Crippen molar-refractivity contribution in [1.29, 1.82) is 0 Å². The quantitative estimate of drug-likeness (QED) is 0.806. The molecule has 2 aliphatic rings. The van der Waals surface area contributed by atoms with Gasteiger partial charge in [-0.1, -0.05) is 25.1 Å². The number of rotatable bonds is 5. The summed E-state index contributed by atoms with van der Waals surface area (Å²) in [5.41, 5.74) is 0.853. The van der Waals surface area contributed by atoms with E-state index in [1.807, 2.05) is 12.1 Å². The minimum atomic E-state index is -0.0787. The molecule has 25 heavy (non-hydrogen) atoms. The highest BCUT2D eigenvalue weighted by atomic mass is 19.1. The number of piperidine rings is 1. The zero-order chi connectivity index (χ0) is 17.9. The molecule has 3 rings (SSSR count). The van der Waals surface area contributed by atoms with Crippen molar-refractivity contribution < 1.29 is 9.13 Å². The first-order valence-electron chi connectivity index (χ1n) is 9.89. The Morgan fingerprint density at radius 2 is 1.96 bits per heavy atom. The molecule has 0 unspecified atom stereocenters. The Morgan fingerprint density at radius 1 is 1.24 bits per heavy atom. The highest BCUT2D eigenvalue weighted by Crippen LogP contribution is 2.34. The summed E-state index contributed by atoms with van der Waals surface area (Å²) in [4.78, 5) is 5.06. The molecule has 2 saturated heterocycles. The molecule has 1 atom stereocenters. The highest BCUT2D eigenvalue weighted by Gasteiger charge is 2.42. The van der Waals surface area contributed by atoms with Crippen LogP contribution in [0.4, 0.5) is 4.39 Å². The maximum Gasteiger partial charge on any atom is 0.126 e. The fourth-order valence-electron chi connectivity index (χ4n) is 4.17. The van der Waals surface area contributed by atoms with Crippen LogP contribution in [0.2, 0.25) is 0 Å². The van der Waals surface area contributed by atoms with E-state index < -0.39 is 0 Å². The Morgan fingerprint density at radius 3 is 2.60 bits per heavy atom. The summed E-state index contributed by atoms with van der Waals surface area (Å²) in [6, 6.07) is 7.72. The maximum atomic E-state index is 13.8. The molecule has 1 aromatic rings.